The van der Waals surface area contributed by atoms with Crippen LogP contribution >= 0.6 is 15.9 Å². The molecule has 1 aromatic rings. The molecule has 2 unspecified atom stereocenters. The molecule has 1 aromatic heterocycles. The molecule has 2 aliphatic rings. The Morgan fingerprint density at radius 2 is 1.94 bits per heavy atom. The van der Waals surface area contributed by atoms with Crippen LogP contribution in [0, 0.1) is 6.92 Å². The van der Waals surface area contributed by atoms with E-state index in [9.17, 15) is 0 Å². The van der Waals surface area contributed by atoms with Crippen LogP contribution in [0.1, 0.15) is 31.2 Å². The molecular weight excluding hydrogens is 264 g/mol. The SMILES string of the molecule is Cc1ccc(N2C3CCC2CC(Br)C3)nc1. The molecule has 2 fully saturated rings. The highest BCUT2D eigenvalue weighted by atomic mass is 79.9. The number of piperidine rings is 1. The minimum atomic E-state index is 0.707. The lowest BCUT2D eigenvalue weighted by Gasteiger charge is -2.38. The second kappa shape index (κ2) is 4.02. The van der Waals surface area contributed by atoms with E-state index in [1.54, 1.807) is 0 Å². The molecule has 0 aliphatic carbocycles. The highest BCUT2D eigenvalue weighted by molar-refractivity contribution is 9.09. The number of hydrogen-bond donors (Lipinski definition) is 0. The van der Waals surface area contributed by atoms with Gasteiger partial charge in [-0.1, -0.05) is 22.0 Å². The Balaban J connectivity index is 1.88. The third-order valence-corrected chi connectivity index (χ3v) is 4.58. The van der Waals surface area contributed by atoms with Crippen LogP contribution in [0.3, 0.4) is 0 Å². The summed E-state index contributed by atoms with van der Waals surface area (Å²) in [6.07, 6.45) is 7.19. The Kier molecular flexibility index (Phi) is 2.66. The van der Waals surface area contributed by atoms with Crippen LogP contribution in [0.2, 0.25) is 0 Å². The predicted molar refractivity (Wildman–Crippen MR) is 70.2 cm³/mol. The van der Waals surface area contributed by atoms with E-state index in [4.69, 9.17) is 0 Å². The monoisotopic (exact) mass is 280 g/mol. The van der Waals surface area contributed by atoms with E-state index in [1.807, 2.05) is 6.20 Å². The van der Waals surface area contributed by atoms with Gasteiger partial charge in [0.2, 0.25) is 0 Å². The first-order valence-electron chi connectivity index (χ1n) is 6.09. The fourth-order valence-corrected chi connectivity index (χ4v) is 3.96. The molecule has 0 radical (unpaired) electrons. The number of rotatable bonds is 1. The van der Waals surface area contributed by atoms with E-state index in [-0.39, 0.29) is 0 Å². The summed E-state index contributed by atoms with van der Waals surface area (Å²) < 4.78 is 0. The molecule has 2 nitrogen and oxygen atoms in total. The lowest BCUT2D eigenvalue weighted by molar-refractivity contribution is 0.479. The zero-order valence-electron chi connectivity index (χ0n) is 9.56. The summed E-state index contributed by atoms with van der Waals surface area (Å²) in [4.78, 5) is 7.85. The highest BCUT2D eigenvalue weighted by Crippen LogP contribution is 2.40. The molecule has 3 heteroatoms. The zero-order valence-corrected chi connectivity index (χ0v) is 11.2. The molecule has 0 amide bonds. The lowest BCUT2D eigenvalue weighted by atomic mass is 10.0. The van der Waals surface area contributed by atoms with E-state index >= 15 is 0 Å². The van der Waals surface area contributed by atoms with Crippen molar-refractivity contribution in [2.45, 2.75) is 49.5 Å². The molecule has 3 rings (SSSR count). The molecule has 2 saturated heterocycles. The summed E-state index contributed by atoms with van der Waals surface area (Å²) >= 11 is 3.77. The van der Waals surface area contributed by atoms with Gasteiger partial charge in [-0.3, -0.25) is 0 Å². The van der Waals surface area contributed by atoms with Crippen molar-refractivity contribution in [1.29, 1.82) is 0 Å². The smallest absolute Gasteiger partial charge is 0.128 e. The van der Waals surface area contributed by atoms with Crippen LogP contribution in [-0.4, -0.2) is 21.9 Å². The third-order valence-electron chi connectivity index (χ3n) is 3.84. The molecule has 2 atom stereocenters. The quantitative estimate of drug-likeness (QED) is 0.734. The van der Waals surface area contributed by atoms with Crippen molar-refractivity contribution < 1.29 is 0 Å². The average molecular weight is 281 g/mol. The van der Waals surface area contributed by atoms with E-state index in [2.05, 4.69) is 44.9 Å². The van der Waals surface area contributed by atoms with E-state index < -0.39 is 0 Å². The molecule has 86 valence electrons. The van der Waals surface area contributed by atoms with E-state index in [1.165, 1.54) is 37.1 Å². The first kappa shape index (κ1) is 10.6. The molecule has 0 spiro atoms. The van der Waals surface area contributed by atoms with Crippen LogP contribution in [0.15, 0.2) is 18.3 Å². The summed E-state index contributed by atoms with van der Waals surface area (Å²) in [7, 11) is 0. The Morgan fingerprint density at radius 1 is 1.25 bits per heavy atom. The number of aryl methyl sites for hydroxylation is 1. The summed E-state index contributed by atoms with van der Waals surface area (Å²) in [5, 5.41) is 0. The van der Waals surface area contributed by atoms with Gasteiger partial charge in [0.15, 0.2) is 0 Å². The first-order chi connectivity index (χ1) is 7.74. The average Bonchev–Trinajstić information content (AvgIpc) is 2.54. The van der Waals surface area contributed by atoms with Gasteiger partial charge in [-0.15, -0.1) is 0 Å². The number of pyridine rings is 1. The van der Waals surface area contributed by atoms with Crippen LogP contribution in [-0.2, 0) is 0 Å². The maximum absolute atomic E-state index is 4.58. The van der Waals surface area contributed by atoms with Gasteiger partial charge >= 0.3 is 0 Å². The van der Waals surface area contributed by atoms with Crippen molar-refractivity contribution in [1.82, 2.24) is 4.98 Å². The minimum absolute atomic E-state index is 0.707. The summed E-state index contributed by atoms with van der Waals surface area (Å²) in [5.74, 6) is 1.18. The van der Waals surface area contributed by atoms with Crippen molar-refractivity contribution in [2.24, 2.45) is 0 Å². The van der Waals surface area contributed by atoms with Gasteiger partial charge in [0.1, 0.15) is 5.82 Å². The summed E-state index contributed by atoms with van der Waals surface area (Å²) in [5.41, 5.74) is 1.24. The molecule has 2 aliphatic heterocycles. The van der Waals surface area contributed by atoms with Crippen LogP contribution < -0.4 is 4.90 Å². The lowest BCUT2D eigenvalue weighted by Crippen LogP contribution is -2.43. The second-order valence-corrected chi connectivity index (χ2v) is 6.35. The molecule has 0 aromatic carbocycles. The number of aromatic nitrogens is 1. The molecule has 3 heterocycles. The van der Waals surface area contributed by atoms with Crippen LogP contribution in [0.4, 0.5) is 5.82 Å². The van der Waals surface area contributed by atoms with Gasteiger partial charge in [-0.25, -0.2) is 4.98 Å². The largest absolute Gasteiger partial charge is 0.351 e. The van der Waals surface area contributed by atoms with Crippen molar-refractivity contribution in [2.75, 3.05) is 4.90 Å². The molecule has 0 N–H and O–H groups in total. The topological polar surface area (TPSA) is 16.1 Å². The van der Waals surface area contributed by atoms with Crippen molar-refractivity contribution in [3.63, 3.8) is 0 Å². The summed E-state index contributed by atoms with van der Waals surface area (Å²) in [6, 6.07) is 5.76. The standard InChI is InChI=1S/C13H17BrN2/c1-9-2-5-13(15-8-9)16-11-3-4-12(16)7-10(14)6-11/h2,5,8,10-12H,3-4,6-7H2,1H3. The highest BCUT2D eigenvalue weighted by Gasteiger charge is 2.40. The van der Waals surface area contributed by atoms with Crippen LogP contribution in [0.25, 0.3) is 0 Å². The van der Waals surface area contributed by atoms with Gasteiger partial charge in [0.25, 0.3) is 0 Å². The molecular formula is C13H17BrN2. The number of nitrogens with zero attached hydrogens (tertiary/aromatic N) is 2. The van der Waals surface area contributed by atoms with Gasteiger partial charge in [-0.05, 0) is 44.2 Å². The zero-order chi connectivity index (χ0) is 11.1. The van der Waals surface area contributed by atoms with E-state index in [0.717, 1.165) is 0 Å². The van der Waals surface area contributed by atoms with E-state index in [0.29, 0.717) is 16.9 Å². The number of fused-ring (bicyclic) bond motifs is 2. The Morgan fingerprint density at radius 3 is 2.50 bits per heavy atom. The number of halogens is 1. The van der Waals surface area contributed by atoms with Gasteiger partial charge in [-0.2, -0.15) is 0 Å². The maximum Gasteiger partial charge on any atom is 0.128 e. The number of hydrogen-bond acceptors (Lipinski definition) is 2. The Bertz CT molecular complexity index is 362. The molecule has 16 heavy (non-hydrogen) atoms. The summed E-state index contributed by atoms with van der Waals surface area (Å²) in [6.45, 7) is 2.09. The maximum atomic E-state index is 4.58. The number of alkyl halides is 1. The van der Waals surface area contributed by atoms with Crippen molar-refractivity contribution in [3.05, 3.63) is 23.9 Å². The molecule has 0 saturated carbocycles. The fraction of sp³-hybridized carbons (Fsp3) is 0.615. The van der Waals surface area contributed by atoms with Crippen molar-refractivity contribution >= 4 is 21.7 Å². The van der Waals surface area contributed by atoms with Crippen molar-refractivity contribution in [3.8, 4) is 0 Å². The predicted octanol–water partition coefficient (Wildman–Crippen LogP) is 3.28. The Hall–Kier alpha value is -0.570. The molecule has 2 bridgehead atoms. The third kappa shape index (κ3) is 1.75. The Labute approximate surface area is 105 Å². The van der Waals surface area contributed by atoms with Crippen LogP contribution in [0.5, 0.6) is 0 Å². The van der Waals surface area contributed by atoms with Gasteiger partial charge in [0, 0.05) is 23.1 Å². The van der Waals surface area contributed by atoms with Gasteiger partial charge < -0.3 is 4.90 Å². The number of anilines is 1. The minimum Gasteiger partial charge on any atom is -0.351 e. The first-order valence-corrected chi connectivity index (χ1v) is 7.00. The fourth-order valence-electron chi connectivity index (χ4n) is 3.10. The second-order valence-electron chi connectivity index (χ2n) is 5.05. The van der Waals surface area contributed by atoms with Gasteiger partial charge in [0.05, 0.1) is 0 Å². The normalized spacial score (nSPS) is 33.1.